The SMILES string of the molecule is CCOC(=O)C(CCC(C)O)C(=O)OCC. The molecular formula is C11H20O5. The Morgan fingerprint density at radius 2 is 1.50 bits per heavy atom. The highest BCUT2D eigenvalue weighted by Gasteiger charge is 2.29. The number of aliphatic hydroxyl groups is 1. The first kappa shape index (κ1) is 14.9. The minimum atomic E-state index is -0.922. The van der Waals surface area contributed by atoms with Crippen molar-refractivity contribution in [2.45, 2.75) is 39.7 Å². The van der Waals surface area contributed by atoms with Crippen molar-refractivity contribution < 1.29 is 24.2 Å². The lowest BCUT2D eigenvalue weighted by molar-refractivity contribution is -0.162. The fraction of sp³-hybridized carbons (Fsp3) is 0.818. The van der Waals surface area contributed by atoms with Crippen LogP contribution in [0.25, 0.3) is 0 Å². The summed E-state index contributed by atoms with van der Waals surface area (Å²) in [5.74, 6) is -2.09. The molecule has 0 fully saturated rings. The average molecular weight is 232 g/mol. The van der Waals surface area contributed by atoms with Gasteiger partial charge < -0.3 is 14.6 Å². The van der Waals surface area contributed by atoms with E-state index in [1.807, 2.05) is 0 Å². The summed E-state index contributed by atoms with van der Waals surface area (Å²) in [4.78, 5) is 22.9. The zero-order valence-corrected chi connectivity index (χ0v) is 10.1. The molecule has 0 aromatic heterocycles. The number of ether oxygens (including phenoxy) is 2. The number of esters is 2. The first-order valence-electron chi connectivity index (χ1n) is 5.54. The van der Waals surface area contributed by atoms with E-state index in [2.05, 4.69) is 0 Å². The van der Waals surface area contributed by atoms with Crippen molar-refractivity contribution in [2.24, 2.45) is 5.92 Å². The fourth-order valence-corrected chi connectivity index (χ4v) is 1.23. The molecule has 94 valence electrons. The number of aliphatic hydroxyl groups excluding tert-OH is 1. The second-order valence-electron chi connectivity index (χ2n) is 3.48. The molecule has 0 aromatic carbocycles. The van der Waals surface area contributed by atoms with Gasteiger partial charge in [0.05, 0.1) is 19.3 Å². The Bertz CT molecular complexity index is 206. The third kappa shape index (κ3) is 5.70. The quantitative estimate of drug-likeness (QED) is 0.521. The summed E-state index contributed by atoms with van der Waals surface area (Å²) in [6.45, 7) is 5.41. The number of rotatable bonds is 7. The maximum atomic E-state index is 11.5. The molecule has 0 spiro atoms. The Hall–Kier alpha value is -1.10. The van der Waals surface area contributed by atoms with Gasteiger partial charge in [0.2, 0.25) is 0 Å². The van der Waals surface area contributed by atoms with Gasteiger partial charge in [-0.2, -0.15) is 0 Å². The number of hydrogen-bond donors (Lipinski definition) is 1. The van der Waals surface area contributed by atoms with Crippen LogP contribution < -0.4 is 0 Å². The summed E-state index contributed by atoms with van der Waals surface area (Å²) in [6.07, 6.45) is 0.0591. The van der Waals surface area contributed by atoms with Crippen LogP contribution in [0.15, 0.2) is 0 Å². The molecule has 5 heteroatoms. The molecule has 0 aliphatic carbocycles. The number of carbonyl (C=O) groups excluding carboxylic acids is 2. The molecule has 16 heavy (non-hydrogen) atoms. The number of carbonyl (C=O) groups is 2. The van der Waals surface area contributed by atoms with Crippen LogP contribution in [0.2, 0.25) is 0 Å². The van der Waals surface area contributed by atoms with Crippen LogP contribution in [-0.2, 0) is 19.1 Å². The maximum Gasteiger partial charge on any atom is 0.320 e. The van der Waals surface area contributed by atoms with E-state index in [-0.39, 0.29) is 19.6 Å². The second-order valence-corrected chi connectivity index (χ2v) is 3.48. The molecule has 0 aliphatic heterocycles. The van der Waals surface area contributed by atoms with Gasteiger partial charge in [0.1, 0.15) is 0 Å². The highest BCUT2D eigenvalue weighted by molar-refractivity contribution is 5.94. The highest BCUT2D eigenvalue weighted by Crippen LogP contribution is 2.13. The van der Waals surface area contributed by atoms with Crippen molar-refractivity contribution in [3.8, 4) is 0 Å². The third-order valence-electron chi connectivity index (χ3n) is 2.02. The molecule has 1 N–H and O–H groups in total. The standard InChI is InChI=1S/C11H20O5/c1-4-15-10(13)9(7-6-8(3)12)11(14)16-5-2/h8-9,12H,4-7H2,1-3H3. The summed E-state index contributed by atoms with van der Waals surface area (Å²) >= 11 is 0. The average Bonchev–Trinajstić information content (AvgIpc) is 2.18. The molecule has 0 saturated heterocycles. The van der Waals surface area contributed by atoms with Gasteiger partial charge in [-0.25, -0.2) is 0 Å². The van der Waals surface area contributed by atoms with Crippen LogP contribution in [-0.4, -0.2) is 36.4 Å². The normalized spacial score (nSPS) is 12.3. The smallest absolute Gasteiger partial charge is 0.320 e. The van der Waals surface area contributed by atoms with E-state index in [0.29, 0.717) is 6.42 Å². The monoisotopic (exact) mass is 232 g/mol. The van der Waals surface area contributed by atoms with Gasteiger partial charge in [-0.3, -0.25) is 9.59 Å². The molecule has 5 nitrogen and oxygen atoms in total. The largest absolute Gasteiger partial charge is 0.465 e. The third-order valence-corrected chi connectivity index (χ3v) is 2.02. The van der Waals surface area contributed by atoms with Gasteiger partial charge in [-0.1, -0.05) is 0 Å². The van der Waals surface area contributed by atoms with E-state index in [4.69, 9.17) is 14.6 Å². The summed E-state index contributed by atoms with van der Waals surface area (Å²) in [7, 11) is 0. The molecule has 0 saturated carbocycles. The van der Waals surface area contributed by atoms with Crippen LogP contribution in [0.4, 0.5) is 0 Å². The lowest BCUT2D eigenvalue weighted by Crippen LogP contribution is -2.29. The zero-order chi connectivity index (χ0) is 12.6. The van der Waals surface area contributed by atoms with Crippen molar-refractivity contribution in [3.05, 3.63) is 0 Å². The topological polar surface area (TPSA) is 72.8 Å². The molecular weight excluding hydrogens is 212 g/mol. The molecule has 0 aromatic rings. The Morgan fingerprint density at radius 1 is 1.06 bits per heavy atom. The van der Waals surface area contributed by atoms with Gasteiger partial charge in [0.15, 0.2) is 5.92 Å². The van der Waals surface area contributed by atoms with Crippen LogP contribution >= 0.6 is 0 Å². The van der Waals surface area contributed by atoms with E-state index in [1.54, 1.807) is 20.8 Å². The van der Waals surface area contributed by atoms with E-state index in [1.165, 1.54) is 0 Å². The Labute approximate surface area is 95.7 Å². The van der Waals surface area contributed by atoms with Crippen molar-refractivity contribution in [2.75, 3.05) is 13.2 Å². The lowest BCUT2D eigenvalue weighted by Gasteiger charge is -2.14. The Kier molecular flexibility index (Phi) is 7.54. The minimum Gasteiger partial charge on any atom is -0.465 e. The van der Waals surface area contributed by atoms with E-state index in [0.717, 1.165) is 0 Å². The van der Waals surface area contributed by atoms with Crippen molar-refractivity contribution in [1.29, 1.82) is 0 Å². The Balaban J connectivity index is 4.37. The highest BCUT2D eigenvalue weighted by atomic mass is 16.6. The van der Waals surface area contributed by atoms with Gasteiger partial charge in [0, 0.05) is 0 Å². The van der Waals surface area contributed by atoms with Crippen LogP contribution in [0.3, 0.4) is 0 Å². The van der Waals surface area contributed by atoms with E-state index >= 15 is 0 Å². The second kappa shape index (κ2) is 8.10. The Morgan fingerprint density at radius 3 is 1.81 bits per heavy atom. The van der Waals surface area contributed by atoms with Gasteiger partial charge in [0.25, 0.3) is 0 Å². The zero-order valence-electron chi connectivity index (χ0n) is 10.1. The van der Waals surface area contributed by atoms with Crippen molar-refractivity contribution in [1.82, 2.24) is 0 Å². The first-order chi connectivity index (χ1) is 7.52. The predicted molar refractivity (Wildman–Crippen MR) is 57.7 cm³/mol. The molecule has 0 rings (SSSR count). The van der Waals surface area contributed by atoms with E-state index < -0.39 is 24.0 Å². The lowest BCUT2D eigenvalue weighted by atomic mass is 10.0. The van der Waals surface area contributed by atoms with Gasteiger partial charge in [-0.15, -0.1) is 0 Å². The predicted octanol–water partition coefficient (Wildman–Crippen LogP) is 0.890. The van der Waals surface area contributed by atoms with Crippen LogP contribution in [0, 0.1) is 5.92 Å². The van der Waals surface area contributed by atoms with Crippen LogP contribution in [0.5, 0.6) is 0 Å². The molecule has 1 atom stereocenters. The summed E-state index contributed by atoms with van der Waals surface area (Å²) in [6, 6.07) is 0. The molecule has 1 unspecified atom stereocenters. The van der Waals surface area contributed by atoms with E-state index in [9.17, 15) is 9.59 Å². The van der Waals surface area contributed by atoms with Crippen LogP contribution in [0.1, 0.15) is 33.6 Å². The molecule has 0 heterocycles. The summed E-state index contributed by atoms with van der Waals surface area (Å²) in [5.41, 5.74) is 0. The van der Waals surface area contributed by atoms with Crippen molar-refractivity contribution in [3.63, 3.8) is 0 Å². The summed E-state index contributed by atoms with van der Waals surface area (Å²) in [5, 5.41) is 9.12. The summed E-state index contributed by atoms with van der Waals surface area (Å²) < 4.78 is 9.56. The molecule has 0 radical (unpaired) electrons. The molecule has 0 bridgehead atoms. The fourth-order valence-electron chi connectivity index (χ4n) is 1.23. The van der Waals surface area contributed by atoms with Gasteiger partial charge >= 0.3 is 11.9 Å². The maximum absolute atomic E-state index is 11.5. The van der Waals surface area contributed by atoms with Crippen molar-refractivity contribution >= 4 is 11.9 Å². The molecule has 0 aliphatic rings. The number of hydrogen-bond acceptors (Lipinski definition) is 5. The first-order valence-corrected chi connectivity index (χ1v) is 5.54. The minimum absolute atomic E-state index is 0.226. The van der Waals surface area contributed by atoms with Gasteiger partial charge in [-0.05, 0) is 33.6 Å². The molecule has 0 amide bonds.